The first-order chi connectivity index (χ1) is 7.08. The molecule has 0 fully saturated rings. The van der Waals surface area contributed by atoms with E-state index in [1.165, 1.54) is 6.92 Å². The van der Waals surface area contributed by atoms with Crippen LogP contribution in [0.2, 0.25) is 0 Å². The minimum Gasteiger partial charge on any atom is -0.490 e. The fraction of sp³-hybridized carbons (Fsp3) is 0.364. The third-order valence-corrected chi connectivity index (χ3v) is 2.14. The molecule has 0 bridgehead atoms. The van der Waals surface area contributed by atoms with E-state index in [4.69, 9.17) is 9.84 Å². The van der Waals surface area contributed by atoms with Crippen molar-refractivity contribution in [3.63, 3.8) is 0 Å². The van der Waals surface area contributed by atoms with Gasteiger partial charge in [0.05, 0.1) is 6.61 Å². The number of aliphatic hydroxyl groups is 2. The van der Waals surface area contributed by atoms with Gasteiger partial charge in [-0.15, -0.1) is 0 Å². The fourth-order valence-corrected chi connectivity index (χ4v) is 0.978. The van der Waals surface area contributed by atoms with E-state index < -0.39 is 18.0 Å². The summed E-state index contributed by atoms with van der Waals surface area (Å²) in [7, 11) is 0. The second-order valence-corrected chi connectivity index (χ2v) is 3.35. The molecule has 82 valence electrons. The number of aliphatic hydroxyl groups excluding tert-OH is 1. The Balaban J connectivity index is 2.59. The quantitative estimate of drug-likeness (QED) is 0.737. The van der Waals surface area contributed by atoms with Crippen molar-refractivity contribution in [3.05, 3.63) is 30.3 Å². The lowest BCUT2D eigenvalue weighted by Gasteiger charge is -2.22. The van der Waals surface area contributed by atoms with Crippen molar-refractivity contribution in [3.8, 4) is 5.75 Å². The molecule has 0 aromatic heterocycles. The molecule has 0 aliphatic heterocycles. The molecule has 1 atom stereocenters. The maximum Gasteiger partial charge on any atom is 0.179 e. The first-order valence-corrected chi connectivity index (χ1v) is 4.60. The van der Waals surface area contributed by atoms with Gasteiger partial charge in [-0.1, -0.05) is 18.2 Å². The van der Waals surface area contributed by atoms with E-state index in [0.29, 0.717) is 5.75 Å². The average molecular weight is 210 g/mol. The Morgan fingerprint density at radius 2 is 2.00 bits per heavy atom. The van der Waals surface area contributed by atoms with Gasteiger partial charge in [-0.05, 0) is 19.1 Å². The lowest BCUT2D eigenvalue weighted by Crippen LogP contribution is -2.46. The van der Waals surface area contributed by atoms with Crippen LogP contribution in [0.5, 0.6) is 5.75 Å². The molecule has 0 aliphatic carbocycles. The predicted octanol–water partition coefficient (Wildman–Crippen LogP) is 0.378. The van der Waals surface area contributed by atoms with Crippen molar-refractivity contribution in [2.24, 2.45) is 0 Å². The van der Waals surface area contributed by atoms with Crippen molar-refractivity contribution in [2.45, 2.75) is 12.5 Å². The molecular weight excluding hydrogens is 196 g/mol. The summed E-state index contributed by atoms with van der Waals surface area (Å²) >= 11 is 0. The van der Waals surface area contributed by atoms with E-state index in [1.54, 1.807) is 24.3 Å². The van der Waals surface area contributed by atoms with Gasteiger partial charge in [-0.25, -0.2) is 0 Å². The third kappa shape index (κ3) is 3.04. The molecule has 0 aliphatic rings. The lowest BCUT2D eigenvalue weighted by molar-refractivity contribution is -0.143. The summed E-state index contributed by atoms with van der Waals surface area (Å²) in [6.07, 6.45) is 0. The smallest absolute Gasteiger partial charge is 0.179 e. The zero-order chi connectivity index (χ0) is 11.3. The number of carbonyl (C=O) groups is 1. The van der Waals surface area contributed by atoms with Crippen LogP contribution in [0.25, 0.3) is 0 Å². The molecule has 0 radical (unpaired) electrons. The van der Waals surface area contributed by atoms with Gasteiger partial charge < -0.3 is 14.9 Å². The Bertz CT molecular complexity index is 323. The number of ketones is 1. The maximum absolute atomic E-state index is 11.0. The predicted molar refractivity (Wildman–Crippen MR) is 54.7 cm³/mol. The second-order valence-electron chi connectivity index (χ2n) is 3.35. The normalized spacial score (nSPS) is 14.3. The molecule has 1 rings (SSSR count). The SMILES string of the molecule is CC(=O)C(O)(CO)COc1ccccc1. The Labute approximate surface area is 88.1 Å². The standard InChI is InChI=1S/C11H14O4/c1-9(13)11(14,7-12)8-15-10-5-3-2-4-6-10/h2-6,12,14H,7-8H2,1H3. The second kappa shape index (κ2) is 4.91. The van der Waals surface area contributed by atoms with Crippen molar-refractivity contribution in [2.75, 3.05) is 13.2 Å². The zero-order valence-electron chi connectivity index (χ0n) is 8.51. The van der Waals surface area contributed by atoms with Crippen LogP contribution in [0.1, 0.15) is 6.92 Å². The molecule has 0 amide bonds. The van der Waals surface area contributed by atoms with E-state index in [2.05, 4.69) is 0 Å². The van der Waals surface area contributed by atoms with Crippen molar-refractivity contribution in [1.82, 2.24) is 0 Å². The van der Waals surface area contributed by atoms with Gasteiger partial charge in [0.1, 0.15) is 12.4 Å². The van der Waals surface area contributed by atoms with Crippen LogP contribution >= 0.6 is 0 Å². The number of ether oxygens (including phenoxy) is 1. The molecule has 1 unspecified atom stereocenters. The Morgan fingerprint density at radius 3 is 2.47 bits per heavy atom. The summed E-state index contributed by atoms with van der Waals surface area (Å²) in [6.45, 7) is 0.322. The zero-order valence-corrected chi connectivity index (χ0v) is 8.51. The topological polar surface area (TPSA) is 66.8 Å². The summed E-state index contributed by atoms with van der Waals surface area (Å²) in [5, 5.41) is 18.5. The highest BCUT2D eigenvalue weighted by Gasteiger charge is 2.32. The number of hydrogen-bond acceptors (Lipinski definition) is 4. The van der Waals surface area contributed by atoms with Crippen LogP contribution in [-0.4, -0.2) is 34.8 Å². The number of Topliss-reactive ketones (excluding diaryl/α,β-unsaturated/α-hetero) is 1. The van der Waals surface area contributed by atoms with E-state index in [9.17, 15) is 9.90 Å². The monoisotopic (exact) mass is 210 g/mol. The van der Waals surface area contributed by atoms with Crippen molar-refractivity contribution in [1.29, 1.82) is 0 Å². The summed E-state index contributed by atoms with van der Waals surface area (Å²) < 4.78 is 5.19. The van der Waals surface area contributed by atoms with Crippen molar-refractivity contribution < 1.29 is 19.7 Å². The van der Waals surface area contributed by atoms with Crippen molar-refractivity contribution >= 4 is 5.78 Å². The minimum atomic E-state index is -1.81. The van der Waals surface area contributed by atoms with Gasteiger partial charge in [0, 0.05) is 0 Å². The molecule has 2 N–H and O–H groups in total. The number of hydrogen-bond donors (Lipinski definition) is 2. The van der Waals surface area contributed by atoms with E-state index >= 15 is 0 Å². The summed E-state index contributed by atoms with van der Waals surface area (Å²) in [6, 6.07) is 8.80. The average Bonchev–Trinajstić information content (AvgIpc) is 2.27. The Hall–Kier alpha value is -1.39. The highest BCUT2D eigenvalue weighted by atomic mass is 16.5. The number of benzene rings is 1. The molecule has 0 saturated carbocycles. The van der Waals surface area contributed by atoms with Gasteiger partial charge in [-0.3, -0.25) is 4.79 Å². The number of carbonyl (C=O) groups excluding carboxylic acids is 1. The number of para-hydroxylation sites is 1. The highest BCUT2D eigenvalue weighted by molar-refractivity contribution is 5.85. The lowest BCUT2D eigenvalue weighted by atomic mass is 10.0. The third-order valence-electron chi connectivity index (χ3n) is 2.14. The van der Waals surface area contributed by atoms with Gasteiger partial charge in [0.15, 0.2) is 11.4 Å². The molecular formula is C11H14O4. The highest BCUT2D eigenvalue weighted by Crippen LogP contribution is 2.12. The van der Waals surface area contributed by atoms with E-state index in [1.807, 2.05) is 6.07 Å². The van der Waals surface area contributed by atoms with E-state index in [0.717, 1.165) is 0 Å². The van der Waals surface area contributed by atoms with Gasteiger partial charge in [0.25, 0.3) is 0 Å². The van der Waals surface area contributed by atoms with E-state index in [-0.39, 0.29) is 6.61 Å². The first kappa shape index (κ1) is 11.7. The fourth-order valence-electron chi connectivity index (χ4n) is 0.978. The Morgan fingerprint density at radius 1 is 1.40 bits per heavy atom. The summed E-state index contributed by atoms with van der Waals surface area (Å²) in [5.74, 6) is 0.0338. The molecule has 4 nitrogen and oxygen atoms in total. The van der Waals surface area contributed by atoms with Gasteiger partial charge in [-0.2, -0.15) is 0 Å². The first-order valence-electron chi connectivity index (χ1n) is 4.60. The van der Waals surface area contributed by atoms with Crippen LogP contribution in [0.15, 0.2) is 30.3 Å². The molecule has 1 aromatic rings. The van der Waals surface area contributed by atoms with Crippen LogP contribution < -0.4 is 4.74 Å². The van der Waals surface area contributed by atoms with Crippen LogP contribution in [0.3, 0.4) is 0 Å². The molecule has 1 aromatic carbocycles. The van der Waals surface area contributed by atoms with Crippen LogP contribution in [0.4, 0.5) is 0 Å². The van der Waals surface area contributed by atoms with Gasteiger partial charge in [0.2, 0.25) is 0 Å². The molecule has 0 heterocycles. The Kier molecular flexibility index (Phi) is 3.82. The summed E-state index contributed by atoms with van der Waals surface area (Å²) in [4.78, 5) is 11.0. The minimum absolute atomic E-state index is 0.247. The number of rotatable bonds is 5. The summed E-state index contributed by atoms with van der Waals surface area (Å²) in [5.41, 5.74) is -1.81. The molecule has 15 heavy (non-hydrogen) atoms. The van der Waals surface area contributed by atoms with Crippen LogP contribution in [0, 0.1) is 0 Å². The van der Waals surface area contributed by atoms with Crippen LogP contribution in [-0.2, 0) is 4.79 Å². The molecule has 0 saturated heterocycles. The maximum atomic E-state index is 11.0. The van der Waals surface area contributed by atoms with Gasteiger partial charge >= 0.3 is 0 Å². The molecule has 0 spiro atoms. The molecule has 4 heteroatoms. The largest absolute Gasteiger partial charge is 0.490 e.